The summed E-state index contributed by atoms with van der Waals surface area (Å²) in [7, 11) is 10.0. The number of ether oxygens (including phenoxy) is 1. The van der Waals surface area contributed by atoms with Gasteiger partial charge in [0.15, 0.2) is 0 Å². The van der Waals surface area contributed by atoms with E-state index < -0.39 is 161 Å². The van der Waals surface area contributed by atoms with Crippen LogP contribution in [0.4, 0.5) is 0 Å². The minimum absolute atomic E-state index is 0.00853. The molecule has 25 nitrogen and oxygen atoms in total. The summed E-state index contributed by atoms with van der Waals surface area (Å²) in [5.41, 5.74) is 0. The van der Waals surface area contributed by atoms with Crippen molar-refractivity contribution in [3.05, 3.63) is 12.2 Å². The largest absolute Gasteiger partial charge is 0.390 e. The van der Waals surface area contributed by atoms with E-state index in [1.165, 1.54) is 99.5 Å². The molecule has 0 aliphatic carbocycles. The number of morpholine rings is 1. The summed E-state index contributed by atoms with van der Waals surface area (Å²) in [6, 6.07) is -13.8. The number of aliphatic hydroxyl groups is 1. The standard InChI is InChI=1S/C68H122N12O13/c1-25-27-29-45(14)57(81)56-61(85)71-49(26-2)64(88)73(18)48(17)63(87)78(23)55(44(13)30-28-31-80-32-34-93-35-33-80)60(84)72-53(42(9)10)67(91)74(19)50(36-39(3)4)59(83)69-46(15)58(82)70-47(16)62(86)75(20)51(37-40(5)6)65(89)76(21)52(38-41(7)8)66(90)77(22)54(43(11)12)68(92)79(56)24/h25,27,39-57,81H,26,28-38H2,1-24H3,(H,69,83)(H,70,82)(H,71,85)(H,72,84)/b27-25+/t44-,45-,46+,47-,48-,49+,50+,51+,52+,53+,54+,55+,56+,57-/m1/s1. The number of carbonyl (C=O) groups excluding carboxylic acids is 11. The molecule has 2 aliphatic heterocycles. The zero-order valence-corrected chi connectivity index (χ0v) is 61.0. The van der Waals surface area contributed by atoms with Crippen LogP contribution in [-0.4, -0.2) is 264 Å². The summed E-state index contributed by atoms with van der Waals surface area (Å²) in [5, 5.41) is 23.4. The van der Waals surface area contributed by atoms with E-state index >= 15 is 24.0 Å². The monoisotopic (exact) mass is 1310 g/mol. The molecule has 0 radical (unpaired) electrons. The number of hydrogen-bond donors (Lipinski definition) is 5. The molecular formula is C68H122N12O13. The van der Waals surface area contributed by atoms with Crippen LogP contribution in [0.3, 0.4) is 0 Å². The Bertz CT molecular complexity index is 2540. The van der Waals surface area contributed by atoms with Crippen molar-refractivity contribution in [2.75, 3.05) is 82.2 Å². The zero-order valence-electron chi connectivity index (χ0n) is 61.0. The third kappa shape index (κ3) is 23.0. The molecule has 2 fully saturated rings. The lowest BCUT2D eigenvalue weighted by Gasteiger charge is -2.41. The van der Waals surface area contributed by atoms with Gasteiger partial charge in [-0.2, -0.15) is 0 Å². The van der Waals surface area contributed by atoms with Gasteiger partial charge in [-0.05, 0) is 121 Å². The first-order valence-electron chi connectivity index (χ1n) is 33.9. The molecule has 0 spiro atoms. The average molecular weight is 1320 g/mol. The molecule has 0 aromatic rings. The molecule has 11 amide bonds. The highest BCUT2D eigenvalue weighted by molar-refractivity contribution is 6.00. The van der Waals surface area contributed by atoms with Crippen LogP contribution >= 0.6 is 0 Å². The molecule has 0 aromatic heterocycles. The van der Waals surface area contributed by atoms with Crippen molar-refractivity contribution < 1.29 is 62.6 Å². The summed E-state index contributed by atoms with van der Waals surface area (Å²) in [6.45, 7) is 33.0. The first kappa shape index (κ1) is 82.9. The summed E-state index contributed by atoms with van der Waals surface area (Å²) >= 11 is 0. The third-order valence-electron chi connectivity index (χ3n) is 18.6. The minimum Gasteiger partial charge on any atom is -0.390 e. The molecule has 5 N–H and O–H groups in total. The lowest BCUT2D eigenvalue weighted by molar-refractivity contribution is -0.157. The van der Waals surface area contributed by atoms with Crippen molar-refractivity contribution in [3.63, 3.8) is 0 Å². The predicted molar refractivity (Wildman–Crippen MR) is 359 cm³/mol. The Morgan fingerprint density at radius 3 is 1.45 bits per heavy atom. The van der Waals surface area contributed by atoms with E-state index in [9.17, 15) is 33.9 Å². The zero-order chi connectivity index (χ0) is 71.4. The molecular weight excluding hydrogens is 1190 g/mol. The van der Waals surface area contributed by atoms with Gasteiger partial charge in [0.2, 0.25) is 65.0 Å². The summed E-state index contributed by atoms with van der Waals surface area (Å²) < 4.78 is 5.55. The Labute approximate surface area is 556 Å². The van der Waals surface area contributed by atoms with Gasteiger partial charge in [0.25, 0.3) is 0 Å². The number of hydrogen-bond acceptors (Lipinski definition) is 14. The molecule has 0 saturated carbocycles. The quantitative estimate of drug-likeness (QED) is 0.123. The smallest absolute Gasteiger partial charge is 0.246 e. The fraction of sp³-hybridized carbons (Fsp3) is 0.809. The normalized spacial score (nSPS) is 27.9. The molecule has 2 heterocycles. The topological polar surface area (TPSA) is 291 Å². The van der Waals surface area contributed by atoms with Crippen molar-refractivity contribution in [3.8, 4) is 0 Å². The second-order valence-corrected chi connectivity index (χ2v) is 28.3. The van der Waals surface area contributed by atoms with Gasteiger partial charge in [-0.15, -0.1) is 0 Å². The van der Waals surface area contributed by atoms with Crippen LogP contribution in [0, 0.1) is 41.4 Å². The molecule has 25 heteroatoms. The van der Waals surface area contributed by atoms with Crippen LogP contribution in [0.5, 0.6) is 0 Å². The predicted octanol–water partition coefficient (Wildman–Crippen LogP) is 3.36. The Morgan fingerprint density at radius 1 is 0.495 bits per heavy atom. The number of rotatable bonds is 18. The molecule has 2 saturated heterocycles. The number of carbonyl (C=O) groups is 11. The van der Waals surface area contributed by atoms with Crippen LogP contribution in [-0.2, 0) is 57.5 Å². The number of nitrogens with zero attached hydrogens (tertiary/aromatic N) is 8. The highest BCUT2D eigenvalue weighted by atomic mass is 16.5. The average Bonchev–Trinajstić information content (AvgIpc) is 1.04. The van der Waals surface area contributed by atoms with Crippen LogP contribution in [0.15, 0.2) is 12.2 Å². The van der Waals surface area contributed by atoms with Gasteiger partial charge >= 0.3 is 0 Å². The van der Waals surface area contributed by atoms with Crippen LogP contribution in [0.2, 0.25) is 0 Å². The van der Waals surface area contributed by atoms with Gasteiger partial charge < -0.3 is 65.4 Å². The first-order valence-corrected chi connectivity index (χ1v) is 33.9. The highest BCUT2D eigenvalue weighted by Crippen LogP contribution is 2.27. The van der Waals surface area contributed by atoms with Crippen molar-refractivity contribution >= 4 is 65.0 Å². The summed E-state index contributed by atoms with van der Waals surface area (Å²) in [6.07, 6.45) is 3.97. The van der Waals surface area contributed by atoms with Crippen LogP contribution in [0.25, 0.3) is 0 Å². The van der Waals surface area contributed by atoms with Crippen LogP contribution in [0.1, 0.15) is 163 Å². The van der Waals surface area contributed by atoms with Gasteiger partial charge in [-0.3, -0.25) is 57.6 Å². The first-order chi connectivity index (χ1) is 43.2. The number of nitrogens with one attached hydrogen (secondary N) is 4. The third-order valence-corrected chi connectivity index (χ3v) is 18.6. The van der Waals surface area contributed by atoms with E-state index in [-0.39, 0.29) is 43.4 Å². The van der Waals surface area contributed by atoms with E-state index in [0.717, 1.165) is 18.0 Å². The number of likely N-dealkylation sites (N-methyl/N-ethyl adjacent to an activating group) is 7. The Morgan fingerprint density at radius 2 is 0.957 bits per heavy atom. The van der Waals surface area contributed by atoms with Crippen molar-refractivity contribution in [2.45, 2.75) is 235 Å². The Kier molecular flexibility index (Phi) is 34.2. The summed E-state index contributed by atoms with van der Waals surface area (Å²) in [5.74, 6) is -10.2. The van der Waals surface area contributed by atoms with Crippen molar-refractivity contribution in [1.29, 1.82) is 0 Å². The summed E-state index contributed by atoms with van der Waals surface area (Å²) in [4.78, 5) is 174. The lowest BCUT2D eigenvalue weighted by atomic mass is 9.91. The molecule has 0 aromatic carbocycles. The van der Waals surface area contributed by atoms with Crippen LogP contribution < -0.4 is 21.3 Å². The molecule has 0 unspecified atom stereocenters. The van der Waals surface area contributed by atoms with Gasteiger partial charge in [-0.25, -0.2) is 0 Å². The fourth-order valence-electron chi connectivity index (χ4n) is 12.4. The maximum Gasteiger partial charge on any atom is 0.246 e. The second-order valence-electron chi connectivity index (χ2n) is 28.3. The minimum atomic E-state index is -1.63. The van der Waals surface area contributed by atoms with E-state index in [1.807, 2.05) is 54.5 Å². The van der Waals surface area contributed by atoms with Crippen molar-refractivity contribution in [2.24, 2.45) is 41.4 Å². The number of allylic oxidation sites excluding steroid dienone is 2. The van der Waals surface area contributed by atoms with Gasteiger partial charge in [-0.1, -0.05) is 102 Å². The van der Waals surface area contributed by atoms with Gasteiger partial charge in [0.05, 0.1) is 19.3 Å². The number of amides is 11. The van der Waals surface area contributed by atoms with E-state index in [4.69, 9.17) is 4.74 Å². The van der Waals surface area contributed by atoms with Gasteiger partial charge in [0.1, 0.15) is 66.5 Å². The van der Waals surface area contributed by atoms with E-state index in [2.05, 4.69) is 26.2 Å². The molecule has 0 bridgehead atoms. The maximum atomic E-state index is 15.3. The number of aliphatic hydroxyl groups excluding tert-OH is 1. The Balaban J connectivity index is 3.03. The SMILES string of the molecule is C/C=C/C[C@@H](C)[C@@H](O)[C@H]1C(=O)N[C@@H](CC)C(=O)N(C)[C@H](C)C(=O)N(C)[C@@H]([C@H](C)CCCN2CCOCC2)C(=O)N[C@@H](C(C)C)C(=O)N(C)[C@@H](CC(C)C)C(=O)N[C@@H](C)C(=O)N[C@H](C)C(=O)N(C)[C@@H](CC(C)C)C(=O)N(C)[C@@H](CC(C)C)C(=O)N(C)[C@@H](C(C)C)C(=O)N1C. The molecule has 532 valence electrons. The fourth-order valence-corrected chi connectivity index (χ4v) is 12.4. The lowest BCUT2D eigenvalue weighted by Crippen LogP contribution is -2.64. The second kappa shape index (κ2) is 38.4. The molecule has 93 heavy (non-hydrogen) atoms. The van der Waals surface area contributed by atoms with E-state index in [0.29, 0.717) is 39.0 Å². The van der Waals surface area contributed by atoms with Gasteiger partial charge in [0, 0.05) is 62.4 Å². The molecule has 2 aliphatic rings. The Hall–Kier alpha value is -6.21. The maximum absolute atomic E-state index is 15.3. The molecule has 2 rings (SSSR count). The highest BCUT2D eigenvalue weighted by Gasteiger charge is 2.46. The van der Waals surface area contributed by atoms with Crippen molar-refractivity contribution in [1.82, 2.24) is 60.5 Å². The van der Waals surface area contributed by atoms with E-state index in [1.54, 1.807) is 54.5 Å². The molecule has 14 atom stereocenters.